The third-order valence-corrected chi connectivity index (χ3v) is 9.86. The van der Waals surface area contributed by atoms with Crippen LogP contribution in [0.2, 0.25) is 0 Å². The van der Waals surface area contributed by atoms with Crippen LogP contribution >= 0.6 is 0 Å². The van der Waals surface area contributed by atoms with Gasteiger partial charge in [0.05, 0.1) is 11.0 Å². The maximum atomic E-state index is 3.76. The molecule has 1 N–H and O–H groups in total. The molecule has 0 fully saturated rings. The van der Waals surface area contributed by atoms with E-state index in [4.69, 9.17) is 0 Å². The smallest absolute Gasteiger partial charge is 0.0547 e. The summed E-state index contributed by atoms with van der Waals surface area (Å²) in [5.41, 5.74) is 15.7. The molecule has 0 spiro atoms. The largest absolute Gasteiger partial charge is 0.358 e. The summed E-state index contributed by atoms with van der Waals surface area (Å²) in [5, 5.41) is 3.91. The number of aryl methyl sites for hydroxylation is 1. The van der Waals surface area contributed by atoms with E-state index in [2.05, 4.69) is 156 Å². The number of hydrogen-bond acceptors (Lipinski definition) is 0. The zero-order valence-electron chi connectivity index (χ0n) is 25.4. The van der Waals surface area contributed by atoms with Gasteiger partial charge in [-0.2, -0.15) is 0 Å². The van der Waals surface area contributed by atoms with Crippen molar-refractivity contribution in [3.05, 3.63) is 162 Å². The van der Waals surface area contributed by atoms with Crippen molar-refractivity contribution in [3.63, 3.8) is 0 Å². The highest BCUT2D eigenvalue weighted by molar-refractivity contribution is 6.17. The van der Waals surface area contributed by atoms with Crippen LogP contribution < -0.4 is 0 Å². The van der Waals surface area contributed by atoms with Gasteiger partial charge in [-0.05, 0) is 88.9 Å². The van der Waals surface area contributed by atoms with E-state index in [1.165, 1.54) is 83.1 Å². The first-order valence-corrected chi connectivity index (χ1v) is 16.2. The van der Waals surface area contributed by atoms with Gasteiger partial charge in [0, 0.05) is 38.6 Å². The number of H-pyrrole nitrogens is 1. The van der Waals surface area contributed by atoms with Crippen molar-refractivity contribution in [3.8, 4) is 16.8 Å². The normalized spacial score (nSPS) is 16.5. The predicted molar refractivity (Wildman–Crippen MR) is 191 cm³/mol. The molecule has 2 aliphatic rings. The van der Waals surface area contributed by atoms with Crippen molar-refractivity contribution in [2.45, 2.75) is 26.2 Å². The standard InChI is InChI=1S/C43H34N2/c1-28-14-11-21-32(41(28)36-23-12-25-38-42(36)34-19-7-9-24-37(34)44-38)30-17-5-6-18-31(30)33-22-13-27-40-43(33)35-20-8-10-26-39(35)45(40)29-15-3-2-4-16-29/h2-11,13,15-24,26-28,44H,12,14,25H2,1H3. The molecule has 45 heavy (non-hydrogen) atoms. The lowest BCUT2D eigenvalue weighted by Gasteiger charge is -2.28. The number of aromatic amines is 1. The molecular weight excluding hydrogens is 544 g/mol. The molecule has 0 saturated heterocycles. The van der Waals surface area contributed by atoms with E-state index in [9.17, 15) is 0 Å². The van der Waals surface area contributed by atoms with Gasteiger partial charge in [-0.3, -0.25) is 0 Å². The minimum Gasteiger partial charge on any atom is -0.358 e. The Morgan fingerprint density at radius 3 is 2.27 bits per heavy atom. The first-order chi connectivity index (χ1) is 22.3. The van der Waals surface area contributed by atoms with E-state index in [1.807, 2.05) is 0 Å². The van der Waals surface area contributed by atoms with Crippen LogP contribution in [0.25, 0.3) is 60.7 Å². The van der Waals surface area contributed by atoms with Gasteiger partial charge >= 0.3 is 0 Å². The SMILES string of the molecule is CC1CC=CC(c2ccccc2-c2cccc3c2c2ccccc2n3-c2ccccc2)=C1C1=CCCc2[nH]c3ccccc3c21. The fourth-order valence-corrected chi connectivity index (χ4v) is 7.96. The van der Waals surface area contributed by atoms with Crippen LogP contribution in [0, 0.1) is 5.92 Å². The van der Waals surface area contributed by atoms with Crippen molar-refractivity contribution in [1.82, 2.24) is 9.55 Å². The quantitative estimate of drug-likeness (QED) is 0.214. The van der Waals surface area contributed by atoms with Crippen LogP contribution in [0.15, 0.2) is 145 Å². The average Bonchev–Trinajstić information content (AvgIpc) is 3.65. The first kappa shape index (κ1) is 26.1. The molecule has 0 aliphatic heterocycles. The maximum absolute atomic E-state index is 3.76. The Hall–Kier alpha value is -5.34. The molecule has 216 valence electrons. The van der Waals surface area contributed by atoms with E-state index >= 15 is 0 Å². The Morgan fingerprint density at radius 2 is 1.38 bits per heavy atom. The Balaban J connectivity index is 1.31. The number of rotatable bonds is 4. The van der Waals surface area contributed by atoms with Gasteiger partial charge in [0.2, 0.25) is 0 Å². The zero-order valence-corrected chi connectivity index (χ0v) is 25.4. The topological polar surface area (TPSA) is 20.7 Å². The number of allylic oxidation sites excluding steroid dienone is 6. The first-order valence-electron chi connectivity index (χ1n) is 16.2. The second kappa shape index (κ2) is 10.4. The average molecular weight is 579 g/mol. The number of benzene rings is 5. The van der Waals surface area contributed by atoms with Crippen LogP contribution in [-0.2, 0) is 6.42 Å². The minimum atomic E-state index is 0.416. The van der Waals surface area contributed by atoms with Gasteiger partial charge in [-0.15, -0.1) is 0 Å². The van der Waals surface area contributed by atoms with Crippen LogP contribution in [0.3, 0.4) is 0 Å². The van der Waals surface area contributed by atoms with E-state index < -0.39 is 0 Å². The number of nitrogens with one attached hydrogen (secondary N) is 1. The second-order valence-corrected chi connectivity index (χ2v) is 12.5. The molecule has 0 bridgehead atoms. The summed E-state index contributed by atoms with van der Waals surface area (Å²) in [6.45, 7) is 2.40. The summed E-state index contributed by atoms with van der Waals surface area (Å²) >= 11 is 0. The Bertz CT molecular complexity index is 2360. The van der Waals surface area contributed by atoms with Gasteiger partial charge in [-0.25, -0.2) is 0 Å². The molecule has 0 saturated carbocycles. The molecule has 5 aromatic carbocycles. The molecule has 2 nitrogen and oxygen atoms in total. The highest BCUT2D eigenvalue weighted by atomic mass is 15.0. The molecule has 2 heterocycles. The Kier molecular flexibility index (Phi) is 6.02. The summed E-state index contributed by atoms with van der Waals surface area (Å²) in [4.78, 5) is 3.76. The minimum absolute atomic E-state index is 0.416. The number of aromatic nitrogens is 2. The summed E-state index contributed by atoms with van der Waals surface area (Å²) in [6.07, 6.45) is 10.4. The summed E-state index contributed by atoms with van der Waals surface area (Å²) in [5.74, 6) is 0.416. The number of para-hydroxylation sites is 3. The lowest BCUT2D eigenvalue weighted by molar-refractivity contribution is 0.710. The van der Waals surface area contributed by atoms with Crippen molar-refractivity contribution >= 4 is 43.9 Å². The predicted octanol–water partition coefficient (Wildman–Crippen LogP) is 11.3. The lowest BCUT2D eigenvalue weighted by atomic mass is 9.75. The van der Waals surface area contributed by atoms with Gasteiger partial charge in [-0.1, -0.05) is 116 Å². The van der Waals surface area contributed by atoms with Crippen molar-refractivity contribution in [2.24, 2.45) is 5.92 Å². The molecule has 0 radical (unpaired) electrons. The number of hydrogen-bond donors (Lipinski definition) is 1. The van der Waals surface area contributed by atoms with Crippen LogP contribution in [0.1, 0.15) is 36.6 Å². The molecule has 1 atom stereocenters. The molecule has 2 aromatic heterocycles. The van der Waals surface area contributed by atoms with Crippen molar-refractivity contribution < 1.29 is 0 Å². The molecule has 2 heteroatoms. The molecule has 2 aliphatic carbocycles. The maximum Gasteiger partial charge on any atom is 0.0547 e. The number of fused-ring (bicyclic) bond motifs is 6. The van der Waals surface area contributed by atoms with Crippen molar-refractivity contribution in [2.75, 3.05) is 0 Å². The molecule has 0 amide bonds. The van der Waals surface area contributed by atoms with E-state index in [-0.39, 0.29) is 0 Å². The Morgan fingerprint density at radius 1 is 0.667 bits per heavy atom. The van der Waals surface area contributed by atoms with Gasteiger partial charge in [0.1, 0.15) is 0 Å². The summed E-state index contributed by atoms with van der Waals surface area (Å²) in [6, 6.07) is 44.3. The highest BCUT2D eigenvalue weighted by Gasteiger charge is 2.28. The molecule has 1 unspecified atom stereocenters. The second-order valence-electron chi connectivity index (χ2n) is 12.5. The third kappa shape index (κ3) is 4.02. The van der Waals surface area contributed by atoms with Gasteiger partial charge < -0.3 is 9.55 Å². The van der Waals surface area contributed by atoms with Gasteiger partial charge in [0.25, 0.3) is 0 Å². The third-order valence-electron chi connectivity index (χ3n) is 9.86. The van der Waals surface area contributed by atoms with Gasteiger partial charge in [0.15, 0.2) is 0 Å². The van der Waals surface area contributed by atoms with E-state index in [1.54, 1.807) is 0 Å². The fourth-order valence-electron chi connectivity index (χ4n) is 7.96. The van der Waals surface area contributed by atoms with Crippen molar-refractivity contribution in [1.29, 1.82) is 0 Å². The highest BCUT2D eigenvalue weighted by Crippen LogP contribution is 2.48. The number of nitrogens with zero attached hydrogens (tertiary/aromatic N) is 1. The molecule has 7 aromatic rings. The van der Waals surface area contributed by atoms with E-state index in [0.717, 1.165) is 19.3 Å². The van der Waals surface area contributed by atoms with E-state index in [0.29, 0.717) is 5.92 Å². The molecule has 9 rings (SSSR count). The van der Waals surface area contributed by atoms with Crippen LogP contribution in [0.4, 0.5) is 0 Å². The monoisotopic (exact) mass is 578 g/mol. The zero-order chi connectivity index (χ0) is 29.9. The fraction of sp³-hybridized carbons (Fsp3) is 0.116. The van der Waals surface area contributed by atoms with Crippen LogP contribution in [-0.4, -0.2) is 9.55 Å². The molecular formula is C43H34N2. The summed E-state index contributed by atoms with van der Waals surface area (Å²) in [7, 11) is 0. The lowest BCUT2D eigenvalue weighted by Crippen LogP contribution is -2.11. The Labute approximate surface area is 263 Å². The van der Waals surface area contributed by atoms with Crippen LogP contribution in [0.5, 0.6) is 0 Å². The summed E-state index contributed by atoms with van der Waals surface area (Å²) < 4.78 is 2.41.